The van der Waals surface area contributed by atoms with E-state index in [0.717, 1.165) is 25.1 Å². The SMILES string of the molecule is Cc1ccc(C)c(S(=O)(=O)Nc2cccc(C(=O)NCC3=CCNCC3)c2)c1. The molecule has 0 fully saturated rings. The van der Waals surface area contributed by atoms with E-state index < -0.39 is 10.0 Å². The Morgan fingerprint density at radius 1 is 1.14 bits per heavy atom. The number of anilines is 1. The largest absolute Gasteiger partial charge is 0.348 e. The maximum atomic E-state index is 12.8. The minimum atomic E-state index is -3.74. The molecule has 0 unspecified atom stereocenters. The maximum Gasteiger partial charge on any atom is 0.262 e. The first-order valence-corrected chi connectivity index (χ1v) is 10.7. The van der Waals surface area contributed by atoms with Crippen LogP contribution in [0.2, 0.25) is 0 Å². The molecule has 1 heterocycles. The Hall–Kier alpha value is -2.64. The molecule has 2 aromatic carbocycles. The average Bonchev–Trinajstić information content (AvgIpc) is 2.68. The van der Waals surface area contributed by atoms with Crippen molar-refractivity contribution in [2.24, 2.45) is 0 Å². The highest BCUT2D eigenvalue weighted by Crippen LogP contribution is 2.21. The molecule has 148 valence electrons. The van der Waals surface area contributed by atoms with Gasteiger partial charge in [0.15, 0.2) is 0 Å². The number of amides is 1. The van der Waals surface area contributed by atoms with Crippen LogP contribution in [0.3, 0.4) is 0 Å². The number of hydrogen-bond acceptors (Lipinski definition) is 4. The van der Waals surface area contributed by atoms with E-state index in [1.165, 1.54) is 5.57 Å². The van der Waals surface area contributed by atoms with Gasteiger partial charge in [0.25, 0.3) is 15.9 Å². The summed E-state index contributed by atoms with van der Waals surface area (Å²) in [7, 11) is -3.74. The molecule has 1 aliphatic heterocycles. The lowest BCUT2D eigenvalue weighted by Gasteiger charge is -2.15. The van der Waals surface area contributed by atoms with Gasteiger partial charge in [-0.15, -0.1) is 0 Å². The highest BCUT2D eigenvalue weighted by atomic mass is 32.2. The number of carbonyl (C=O) groups excluding carboxylic acids is 1. The number of sulfonamides is 1. The molecule has 7 heteroatoms. The van der Waals surface area contributed by atoms with E-state index in [1.54, 1.807) is 43.3 Å². The topological polar surface area (TPSA) is 87.3 Å². The summed E-state index contributed by atoms with van der Waals surface area (Å²) < 4.78 is 28.1. The number of hydrogen-bond donors (Lipinski definition) is 3. The van der Waals surface area contributed by atoms with Gasteiger partial charge < -0.3 is 10.6 Å². The van der Waals surface area contributed by atoms with Gasteiger partial charge in [-0.2, -0.15) is 0 Å². The first-order valence-electron chi connectivity index (χ1n) is 9.22. The molecular formula is C21H25N3O3S. The highest BCUT2D eigenvalue weighted by molar-refractivity contribution is 7.92. The zero-order valence-corrected chi connectivity index (χ0v) is 16.9. The summed E-state index contributed by atoms with van der Waals surface area (Å²) in [6.45, 7) is 5.84. The predicted octanol–water partition coefficient (Wildman–Crippen LogP) is 2.75. The van der Waals surface area contributed by atoms with Crippen LogP contribution in [0.25, 0.3) is 0 Å². The fourth-order valence-corrected chi connectivity index (χ4v) is 4.44. The molecule has 6 nitrogen and oxygen atoms in total. The zero-order chi connectivity index (χ0) is 20.1. The Kier molecular flexibility index (Phi) is 6.16. The molecule has 3 rings (SSSR count). The summed E-state index contributed by atoms with van der Waals surface area (Å²) in [5.41, 5.74) is 3.50. The highest BCUT2D eigenvalue weighted by Gasteiger charge is 2.18. The van der Waals surface area contributed by atoms with E-state index in [9.17, 15) is 13.2 Å². The van der Waals surface area contributed by atoms with Crippen molar-refractivity contribution in [2.75, 3.05) is 24.4 Å². The molecule has 0 aliphatic carbocycles. The Morgan fingerprint density at radius 3 is 2.71 bits per heavy atom. The van der Waals surface area contributed by atoms with E-state index >= 15 is 0 Å². The Morgan fingerprint density at radius 2 is 1.96 bits per heavy atom. The van der Waals surface area contributed by atoms with Crippen LogP contribution >= 0.6 is 0 Å². The van der Waals surface area contributed by atoms with Gasteiger partial charge >= 0.3 is 0 Å². The molecule has 2 aromatic rings. The lowest BCUT2D eigenvalue weighted by Crippen LogP contribution is -2.29. The average molecular weight is 400 g/mol. The molecule has 1 amide bonds. The van der Waals surface area contributed by atoms with Gasteiger partial charge in [0, 0.05) is 24.3 Å². The number of rotatable bonds is 6. The third-order valence-corrected chi connectivity index (χ3v) is 6.17. The molecule has 0 aromatic heterocycles. The number of aryl methyl sites for hydroxylation is 2. The Labute approximate surface area is 166 Å². The van der Waals surface area contributed by atoms with Crippen LogP contribution in [0.1, 0.15) is 27.9 Å². The Balaban J connectivity index is 1.73. The fourth-order valence-electron chi connectivity index (χ4n) is 3.06. The fraction of sp³-hybridized carbons (Fsp3) is 0.286. The van der Waals surface area contributed by atoms with Crippen molar-refractivity contribution in [2.45, 2.75) is 25.2 Å². The monoisotopic (exact) mass is 399 g/mol. The molecule has 3 N–H and O–H groups in total. The summed E-state index contributed by atoms with van der Waals surface area (Å²) in [4.78, 5) is 12.7. The van der Waals surface area contributed by atoms with Crippen molar-refractivity contribution in [3.8, 4) is 0 Å². The second-order valence-electron chi connectivity index (χ2n) is 6.95. The van der Waals surface area contributed by atoms with Crippen molar-refractivity contribution in [3.05, 3.63) is 70.8 Å². The number of carbonyl (C=O) groups is 1. The van der Waals surface area contributed by atoms with Gasteiger partial charge in [0.1, 0.15) is 0 Å². The Bertz CT molecular complexity index is 1010. The second kappa shape index (κ2) is 8.58. The molecule has 1 aliphatic rings. The normalized spacial score (nSPS) is 14.3. The minimum Gasteiger partial charge on any atom is -0.348 e. The lowest BCUT2D eigenvalue weighted by atomic mass is 10.1. The van der Waals surface area contributed by atoms with Crippen LogP contribution in [0.15, 0.2) is 59.0 Å². The quantitative estimate of drug-likeness (QED) is 0.652. The van der Waals surface area contributed by atoms with Crippen LogP contribution in [-0.4, -0.2) is 34.0 Å². The van der Waals surface area contributed by atoms with Gasteiger partial charge in [0.05, 0.1) is 4.90 Å². The molecule has 0 atom stereocenters. The second-order valence-corrected chi connectivity index (χ2v) is 8.61. The van der Waals surface area contributed by atoms with Crippen LogP contribution in [0.5, 0.6) is 0 Å². The van der Waals surface area contributed by atoms with Crippen LogP contribution in [0.4, 0.5) is 5.69 Å². The summed E-state index contributed by atoms with van der Waals surface area (Å²) in [6.07, 6.45) is 2.99. The van der Waals surface area contributed by atoms with Crippen LogP contribution in [0, 0.1) is 13.8 Å². The van der Waals surface area contributed by atoms with E-state index in [1.807, 2.05) is 13.0 Å². The van der Waals surface area contributed by atoms with E-state index in [4.69, 9.17) is 0 Å². The third-order valence-electron chi connectivity index (χ3n) is 4.64. The number of benzene rings is 2. The van der Waals surface area contributed by atoms with Crippen LogP contribution in [-0.2, 0) is 10.0 Å². The van der Waals surface area contributed by atoms with Crippen molar-refractivity contribution in [3.63, 3.8) is 0 Å². The summed E-state index contributed by atoms with van der Waals surface area (Å²) >= 11 is 0. The molecule has 0 saturated heterocycles. The van der Waals surface area contributed by atoms with Crippen molar-refractivity contribution < 1.29 is 13.2 Å². The van der Waals surface area contributed by atoms with Crippen LogP contribution < -0.4 is 15.4 Å². The molecule has 0 radical (unpaired) electrons. The summed E-state index contributed by atoms with van der Waals surface area (Å²) in [5.74, 6) is -0.229. The van der Waals surface area contributed by atoms with Crippen molar-refractivity contribution in [1.29, 1.82) is 0 Å². The van der Waals surface area contributed by atoms with Crippen molar-refractivity contribution >= 4 is 21.6 Å². The standard InChI is InChI=1S/C21H25N3O3S/c1-15-6-7-16(2)20(12-15)28(26,27)24-19-5-3-4-18(13-19)21(25)23-14-17-8-10-22-11-9-17/h3-8,12-13,22,24H,9-11,14H2,1-2H3,(H,23,25). The van der Waals surface area contributed by atoms with E-state index in [2.05, 4.69) is 21.4 Å². The van der Waals surface area contributed by atoms with Gasteiger partial charge in [-0.05, 0) is 62.2 Å². The van der Waals surface area contributed by atoms with Crippen molar-refractivity contribution in [1.82, 2.24) is 10.6 Å². The molecule has 0 spiro atoms. The molecule has 0 bridgehead atoms. The molecular weight excluding hydrogens is 374 g/mol. The first kappa shape index (κ1) is 20.1. The molecule has 0 saturated carbocycles. The van der Waals surface area contributed by atoms with E-state index in [0.29, 0.717) is 23.4 Å². The van der Waals surface area contributed by atoms with Gasteiger partial charge in [-0.1, -0.05) is 29.8 Å². The smallest absolute Gasteiger partial charge is 0.262 e. The maximum absolute atomic E-state index is 12.8. The van der Waals surface area contributed by atoms with E-state index in [-0.39, 0.29) is 10.8 Å². The number of nitrogens with one attached hydrogen (secondary N) is 3. The predicted molar refractivity (Wildman–Crippen MR) is 111 cm³/mol. The summed E-state index contributed by atoms with van der Waals surface area (Å²) in [5, 5.41) is 6.12. The molecule has 28 heavy (non-hydrogen) atoms. The first-order chi connectivity index (χ1) is 13.3. The van der Waals surface area contributed by atoms with Gasteiger partial charge in [-0.25, -0.2) is 8.42 Å². The van der Waals surface area contributed by atoms with Gasteiger partial charge in [-0.3, -0.25) is 9.52 Å². The lowest BCUT2D eigenvalue weighted by molar-refractivity contribution is 0.0956. The third kappa shape index (κ3) is 4.99. The zero-order valence-electron chi connectivity index (χ0n) is 16.1. The minimum absolute atomic E-state index is 0.229. The summed E-state index contributed by atoms with van der Waals surface area (Å²) in [6, 6.07) is 11.8. The van der Waals surface area contributed by atoms with Gasteiger partial charge in [0.2, 0.25) is 0 Å².